The minimum atomic E-state index is -0.748. The highest BCUT2D eigenvalue weighted by atomic mass is 79.9. The Hall–Kier alpha value is -0.810. The maximum atomic E-state index is 12.6. The lowest BCUT2D eigenvalue weighted by Gasteiger charge is -2.36. The van der Waals surface area contributed by atoms with Crippen molar-refractivity contribution in [2.24, 2.45) is 0 Å². The van der Waals surface area contributed by atoms with Gasteiger partial charge in [0, 0.05) is 29.8 Å². The summed E-state index contributed by atoms with van der Waals surface area (Å²) in [6.45, 7) is 2.98. The summed E-state index contributed by atoms with van der Waals surface area (Å²) in [6, 6.07) is 2.37. The van der Waals surface area contributed by atoms with Gasteiger partial charge in [-0.25, -0.2) is 0 Å². The van der Waals surface area contributed by atoms with Gasteiger partial charge in [-0.05, 0) is 54.6 Å². The van der Waals surface area contributed by atoms with Crippen LogP contribution in [-0.4, -0.2) is 39.2 Å². The Labute approximate surface area is 121 Å². The SMILES string of the molecule is CC1(O)CCCN(C(=O)c2cc(Br)cn2C2CC2)C1. The van der Waals surface area contributed by atoms with Crippen LogP contribution in [0.15, 0.2) is 16.7 Å². The van der Waals surface area contributed by atoms with E-state index < -0.39 is 5.60 Å². The predicted molar refractivity (Wildman–Crippen MR) is 76.2 cm³/mol. The van der Waals surface area contributed by atoms with E-state index in [-0.39, 0.29) is 5.91 Å². The highest BCUT2D eigenvalue weighted by molar-refractivity contribution is 9.10. The second-order valence-corrected chi connectivity index (χ2v) is 6.92. The highest BCUT2D eigenvalue weighted by Gasteiger charge is 2.34. The second-order valence-electron chi connectivity index (χ2n) is 6.01. The number of halogens is 1. The molecule has 2 heterocycles. The molecule has 1 N–H and O–H groups in total. The summed E-state index contributed by atoms with van der Waals surface area (Å²) < 4.78 is 3.03. The van der Waals surface area contributed by atoms with Crippen LogP contribution in [0.25, 0.3) is 0 Å². The van der Waals surface area contributed by atoms with E-state index in [1.165, 1.54) is 0 Å². The summed E-state index contributed by atoms with van der Waals surface area (Å²) in [6.07, 6.45) is 5.93. The lowest BCUT2D eigenvalue weighted by Crippen LogP contribution is -2.48. The molecule has 19 heavy (non-hydrogen) atoms. The van der Waals surface area contributed by atoms with Crippen LogP contribution in [-0.2, 0) is 0 Å². The number of amides is 1. The van der Waals surface area contributed by atoms with Gasteiger partial charge in [0.15, 0.2) is 0 Å². The molecule has 1 saturated heterocycles. The van der Waals surface area contributed by atoms with E-state index in [0.717, 1.165) is 42.4 Å². The van der Waals surface area contributed by atoms with Crippen LogP contribution in [0, 0.1) is 0 Å². The van der Waals surface area contributed by atoms with Crippen molar-refractivity contribution in [3.63, 3.8) is 0 Å². The number of piperidine rings is 1. The van der Waals surface area contributed by atoms with Gasteiger partial charge in [0.25, 0.3) is 5.91 Å². The normalized spacial score (nSPS) is 27.6. The van der Waals surface area contributed by atoms with Crippen molar-refractivity contribution in [3.8, 4) is 0 Å². The first kappa shape index (κ1) is 13.2. The third-order valence-electron chi connectivity index (χ3n) is 3.94. The number of β-amino-alcohol motifs (C(OH)–C–C–N with tert-alkyl or cyclic N) is 1. The summed E-state index contributed by atoms with van der Waals surface area (Å²) in [7, 11) is 0. The number of aliphatic hydroxyl groups is 1. The molecule has 1 saturated carbocycles. The van der Waals surface area contributed by atoms with Crippen molar-refractivity contribution in [2.75, 3.05) is 13.1 Å². The van der Waals surface area contributed by atoms with E-state index in [4.69, 9.17) is 0 Å². The number of likely N-dealkylation sites (tertiary alicyclic amines) is 1. The minimum absolute atomic E-state index is 0.0394. The number of hydrogen-bond donors (Lipinski definition) is 1. The molecule has 0 aromatic carbocycles. The van der Waals surface area contributed by atoms with Crippen LogP contribution >= 0.6 is 15.9 Å². The Morgan fingerprint density at radius 1 is 1.53 bits per heavy atom. The standard InChI is InChI=1S/C14H19BrN2O2/c1-14(19)5-2-6-16(9-14)13(18)12-7-10(15)8-17(12)11-3-4-11/h7-8,11,19H,2-6,9H2,1H3. The molecule has 0 radical (unpaired) electrons. The van der Waals surface area contributed by atoms with Gasteiger partial charge in [0.2, 0.25) is 0 Å². The molecule has 0 bridgehead atoms. The van der Waals surface area contributed by atoms with Crippen LogP contribution in [0.4, 0.5) is 0 Å². The van der Waals surface area contributed by atoms with Gasteiger partial charge >= 0.3 is 0 Å². The fourth-order valence-electron chi connectivity index (χ4n) is 2.83. The first-order chi connectivity index (χ1) is 8.96. The number of nitrogens with zero attached hydrogens (tertiary/aromatic N) is 2. The molecule has 1 aromatic heterocycles. The molecule has 1 aliphatic heterocycles. The lowest BCUT2D eigenvalue weighted by molar-refractivity contribution is -0.0111. The average molecular weight is 327 g/mol. The summed E-state index contributed by atoms with van der Waals surface area (Å²) in [4.78, 5) is 14.4. The Balaban J connectivity index is 1.83. The van der Waals surface area contributed by atoms with E-state index in [1.54, 1.807) is 4.90 Å². The monoisotopic (exact) mass is 326 g/mol. The van der Waals surface area contributed by atoms with E-state index in [0.29, 0.717) is 12.6 Å². The largest absolute Gasteiger partial charge is 0.388 e. The molecular formula is C14H19BrN2O2. The molecule has 3 rings (SSSR count). The first-order valence-electron chi connectivity index (χ1n) is 6.85. The zero-order valence-corrected chi connectivity index (χ0v) is 12.7. The molecule has 2 aliphatic rings. The number of hydrogen-bond acceptors (Lipinski definition) is 2. The van der Waals surface area contributed by atoms with Gasteiger partial charge in [-0.1, -0.05) is 0 Å². The Kier molecular flexibility index (Phi) is 3.21. The quantitative estimate of drug-likeness (QED) is 0.907. The van der Waals surface area contributed by atoms with Crippen molar-refractivity contribution < 1.29 is 9.90 Å². The fraction of sp³-hybridized carbons (Fsp3) is 0.643. The minimum Gasteiger partial charge on any atom is -0.388 e. The van der Waals surface area contributed by atoms with Gasteiger partial charge in [-0.3, -0.25) is 4.79 Å². The first-order valence-corrected chi connectivity index (χ1v) is 7.65. The molecule has 1 unspecified atom stereocenters. The average Bonchev–Trinajstić information content (AvgIpc) is 3.10. The molecule has 1 amide bonds. The van der Waals surface area contributed by atoms with E-state index in [1.807, 2.05) is 19.2 Å². The van der Waals surface area contributed by atoms with Crippen molar-refractivity contribution in [3.05, 3.63) is 22.4 Å². The Morgan fingerprint density at radius 2 is 2.26 bits per heavy atom. The molecule has 1 aliphatic carbocycles. The maximum absolute atomic E-state index is 12.6. The van der Waals surface area contributed by atoms with Gasteiger partial charge in [-0.2, -0.15) is 0 Å². The number of carbonyl (C=O) groups excluding carboxylic acids is 1. The summed E-state index contributed by atoms with van der Waals surface area (Å²) >= 11 is 3.45. The van der Waals surface area contributed by atoms with Gasteiger partial charge < -0.3 is 14.6 Å². The highest BCUT2D eigenvalue weighted by Crippen LogP contribution is 2.38. The van der Waals surface area contributed by atoms with E-state index >= 15 is 0 Å². The number of rotatable bonds is 2. The zero-order chi connectivity index (χ0) is 13.6. The second kappa shape index (κ2) is 4.63. The smallest absolute Gasteiger partial charge is 0.270 e. The van der Waals surface area contributed by atoms with Crippen molar-refractivity contribution in [1.82, 2.24) is 9.47 Å². The Bertz CT molecular complexity index is 506. The van der Waals surface area contributed by atoms with Crippen LogP contribution in [0.2, 0.25) is 0 Å². The van der Waals surface area contributed by atoms with Crippen LogP contribution in [0.3, 0.4) is 0 Å². The molecular weight excluding hydrogens is 308 g/mol. The van der Waals surface area contributed by atoms with E-state index in [2.05, 4.69) is 20.5 Å². The van der Waals surface area contributed by atoms with Crippen LogP contribution in [0.1, 0.15) is 49.1 Å². The molecule has 5 heteroatoms. The Morgan fingerprint density at radius 3 is 2.89 bits per heavy atom. The maximum Gasteiger partial charge on any atom is 0.270 e. The molecule has 4 nitrogen and oxygen atoms in total. The molecule has 2 fully saturated rings. The molecule has 104 valence electrons. The van der Waals surface area contributed by atoms with Crippen LogP contribution < -0.4 is 0 Å². The summed E-state index contributed by atoms with van der Waals surface area (Å²) in [5.41, 5.74) is -0.00521. The van der Waals surface area contributed by atoms with Crippen LogP contribution in [0.5, 0.6) is 0 Å². The van der Waals surface area contributed by atoms with Gasteiger partial charge in [0.05, 0.1) is 5.60 Å². The molecule has 1 atom stereocenters. The fourth-order valence-corrected chi connectivity index (χ4v) is 3.26. The van der Waals surface area contributed by atoms with Crippen molar-refractivity contribution in [2.45, 2.75) is 44.2 Å². The van der Waals surface area contributed by atoms with Gasteiger partial charge in [0.1, 0.15) is 5.69 Å². The predicted octanol–water partition coefficient (Wildman–Crippen LogP) is 2.57. The molecule has 1 aromatic rings. The summed E-state index contributed by atoms with van der Waals surface area (Å²) in [5.74, 6) is 0.0394. The third-order valence-corrected chi connectivity index (χ3v) is 4.37. The zero-order valence-electron chi connectivity index (χ0n) is 11.1. The summed E-state index contributed by atoms with van der Waals surface area (Å²) in [5, 5.41) is 10.1. The lowest BCUT2D eigenvalue weighted by atomic mass is 9.95. The topological polar surface area (TPSA) is 45.5 Å². The van der Waals surface area contributed by atoms with Crippen molar-refractivity contribution >= 4 is 21.8 Å². The van der Waals surface area contributed by atoms with E-state index in [9.17, 15) is 9.90 Å². The number of carbonyl (C=O) groups is 1. The van der Waals surface area contributed by atoms with Gasteiger partial charge in [-0.15, -0.1) is 0 Å². The molecule has 0 spiro atoms. The van der Waals surface area contributed by atoms with Crippen molar-refractivity contribution in [1.29, 1.82) is 0 Å². The number of aromatic nitrogens is 1. The third kappa shape index (κ3) is 2.72.